The summed E-state index contributed by atoms with van der Waals surface area (Å²) in [6.45, 7) is 0.0895. The molecule has 1 aliphatic heterocycles. The van der Waals surface area contributed by atoms with E-state index >= 15 is 0 Å². The maximum Gasteiger partial charge on any atom is 0.344 e. The largest absolute Gasteiger partial charge is 0.481 e. The predicted molar refractivity (Wildman–Crippen MR) is 103 cm³/mol. The summed E-state index contributed by atoms with van der Waals surface area (Å²) >= 11 is 0. The summed E-state index contributed by atoms with van der Waals surface area (Å²) in [4.78, 5) is 26.0. The summed E-state index contributed by atoms with van der Waals surface area (Å²) < 4.78 is 10.7. The van der Waals surface area contributed by atoms with Crippen LogP contribution in [0.3, 0.4) is 0 Å². The average Bonchev–Trinajstić information content (AvgIpc) is 3.14. The number of rotatable bonds is 5. The minimum atomic E-state index is -0.566. The third kappa shape index (κ3) is 3.62. The molecule has 0 aromatic heterocycles. The van der Waals surface area contributed by atoms with Crippen LogP contribution in [0.1, 0.15) is 5.56 Å². The SMILES string of the molecule is O=C(COc1cccc2ccccc12)OCC(=O)N1CCc2ccccc21. The van der Waals surface area contributed by atoms with E-state index in [1.54, 1.807) is 4.90 Å². The molecule has 1 aliphatic rings. The van der Waals surface area contributed by atoms with Gasteiger partial charge in [0.2, 0.25) is 0 Å². The van der Waals surface area contributed by atoms with Crippen LogP contribution in [0.4, 0.5) is 5.69 Å². The maximum absolute atomic E-state index is 12.4. The molecule has 4 rings (SSSR count). The van der Waals surface area contributed by atoms with E-state index in [0.717, 1.165) is 28.4 Å². The molecule has 0 atom stereocenters. The number of benzene rings is 3. The number of fused-ring (bicyclic) bond motifs is 2. The summed E-state index contributed by atoms with van der Waals surface area (Å²) in [6.07, 6.45) is 0.819. The Bertz CT molecular complexity index is 993. The fourth-order valence-electron chi connectivity index (χ4n) is 3.32. The van der Waals surface area contributed by atoms with Crippen LogP contribution in [-0.2, 0) is 20.7 Å². The summed E-state index contributed by atoms with van der Waals surface area (Å²) in [5.41, 5.74) is 2.03. The molecular weight excluding hydrogens is 342 g/mol. The van der Waals surface area contributed by atoms with Crippen molar-refractivity contribution < 1.29 is 19.1 Å². The minimum Gasteiger partial charge on any atom is -0.481 e. The third-order valence-corrected chi connectivity index (χ3v) is 4.64. The number of amides is 1. The highest BCUT2D eigenvalue weighted by atomic mass is 16.6. The van der Waals surface area contributed by atoms with E-state index in [2.05, 4.69) is 0 Å². The number of ether oxygens (including phenoxy) is 2. The standard InChI is InChI=1S/C22H19NO4/c24-21(23-13-12-17-7-2-4-10-19(17)23)14-27-22(25)15-26-20-11-5-8-16-6-1-3-9-18(16)20/h1-11H,12-15H2. The van der Waals surface area contributed by atoms with Gasteiger partial charge in [-0.1, -0.05) is 54.6 Å². The summed E-state index contributed by atoms with van der Waals surface area (Å²) in [6, 6.07) is 21.2. The molecule has 0 N–H and O–H groups in total. The van der Waals surface area contributed by atoms with E-state index in [1.165, 1.54) is 0 Å². The van der Waals surface area contributed by atoms with E-state index in [1.807, 2.05) is 66.7 Å². The number of carbonyl (C=O) groups is 2. The second-order valence-corrected chi connectivity index (χ2v) is 6.35. The first-order valence-electron chi connectivity index (χ1n) is 8.87. The quantitative estimate of drug-likeness (QED) is 0.654. The van der Waals surface area contributed by atoms with Crippen molar-refractivity contribution in [3.63, 3.8) is 0 Å². The number of nitrogens with zero attached hydrogens (tertiary/aromatic N) is 1. The molecule has 3 aromatic rings. The molecule has 3 aromatic carbocycles. The van der Waals surface area contributed by atoms with Gasteiger partial charge in [-0.25, -0.2) is 4.79 Å². The van der Waals surface area contributed by atoms with Crippen LogP contribution in [0.5, 0.6) is 5.75 Å². The Morgan fingerprint density at radius 3 is 2.59 bits per heavy atom. The smallest absolute Gasteiger partial charge is 0.344 e. The van der Waals surface area contributed by atoms with Crippen LogP contribution in [0.25, 0.3) is 10.8 Å². The van der Waals surface area contributed by atoms with Crippen LogP contribution in [-0.4, -0.2) is 31.6 Å². The van der Waals surface area contributed by atoms with Gasteiger partial charge in [0.05, 0.1) is 0 Å². The van der Waals surface area contributed by atoms with Crippen LogP contribution >= 0.6 is 0 Å². The number of para-hydroxylation sites is 1. The molecule has 27 heavy (non-hydrogen) atoms. The second kappa shape index (κ2) is 7.50. The molecule has 5 heteroatoms. The van der Waals surface area contributed by atoms with Gasteiger partial charge in [0.15, 0.2) is 13.2 Å². The molecule has 1 heterocycles. The number of anilines is 1. The fourth-order valence-corrected chi connectivity index (χ4v) is 3.32. The lowest BCUT2D eigenvalue weighted by Crippen LogP contribution is -2.33. The lowest BCUT2D eigenvalue weighted by Gasteiger charge is -2.17. The molecular formula is C22H19NO4. The molecule has 1 amide bonds. The highest BCUT2D eigenvalue weighted by Crippen LogP contribution is 2.27. The predicted octanol–water partition coefficient (Wildman–Crippen LogP) is 3.35. The van der Waals surface area contributed by atoms with Gasteiger partial charge in [0.25, 0.3) is 5.91 Å². The highest BCUT2D eigenvalue weighted by Gasteiger charge is 2.24. The Morgan fingerprint density at radius 2 is 1.67 bits per heavy atom. The zero-order valence-electron chi connectivity index (χ0n) is 14.8. The Balaban J connectivity index is 1.32. The molecule has 0 fully saturated rings. The van der Waals surface area contributed by atoms with Crippen molar-refractivity contribution in [3.05, 3.63) is 72.3 Å². The van der Waals surface area contributed by atoms with E-state index in [0.29, 0.717) is 12.3 Å². The lowest BCUT2D eigenvalue weighted by molar-refractivity contribution is -0.149. The number of hydrogen-bond acceptors (Lipinski definition) is 4. The summed E-state index contributed by atoms with van der Waals surface area (Å²) in [5.74, 6) is -0.174. The fraction of sp³-hybridized carbons (Fsp3) is 0.182. The van der Waals surface area contributed by atoms with Gasteiger partial charge in [-0.2, -0.15) is 0 Å². The highest BCUT2D eigenvalue weighted by molar-refractivity contribution is 5.97. The Morgan fingerprint density at radius 1 is 0.889 bits per heavy atom. The van der Waals surface area contributed by atoms with Crippen molar-refractivity contribution in [2.24, 2.45) is 0 Å². The van der Waals surface area contributed by atoms with Gasteiger partial charge in [-0.3, -0.25) is 4.79 Å². The second-order valence-electron chi connectivity index (χ2n) is 6.35. The topological polar surface area (TPSA) is 55.8 Å². The minimum absolute atomic E-state index is 0.224. The van der Waals surface area contributed by atoms with Crippen molar-refractivity contribution in [2.45, 2.75) is 6.42 Å². The van der Waals surface area contributed by atoms with Gasteiger partial charge in [0, 0.05) is 17.6 Å². The lowest BCUT2D eigenvalue weighted by atomic mass is 10.1. The van der Waals surface area contributed by atoms with Gasteiger partial charge in [0.1, 0.15) is 5.75 Å². The summed E-state index contributed by atoms with van der Waals surface area (Å²) in [7, 11) is 0. The van der Waals surface area contributed by atoms with Crippen molar-refractivity contribution >= 4 is 28.3 Å². The van der Waals surface area contributed by atoms with Crippen molar-refractivity contribution in [1.82, 2.24) is 0 Å². The first kappa shape index (κ1) is 17.1. The van der Waals surface area contributed by atoms with Crippen molar-refractivity contribution in [3.8, 4) is 5.75 Å². The Labute approximate surface area is 157 Å². The van der Waals surface area contributed by atoms with Gasteiger partial charge >= 0.3 is 5.97 Å². The normalized spacial score (nSPS) is 12.7. The molecule has 0 saturated heterocycles. The van der Waals surface area contributed by atoms with Crippen LogP contribution in [0.2, 0.25) is 0 Å². The third-order valence-electron chi connectivity index (χ3n) is 4.64. The zero-order valence-corrected chi connectivity index (χ0v) is 14.8. The monoisotopic (exact) mass is 361 g/mol. The van der Waals surface area contributed by atoms with E-state index < -0.39 is 5.97 Å². The zero-order chi connectivity index (χ0) is 18.6. The van der Waals surface area contributed by atoms with E-state index in [-0.39, 0.29) is 19.1 Å². The average molecular weight is 361 g/mol. The van der Waals surface area contributed by atoms with E-state index in [4.69, 9.17) is 9.47 Å². The first-order valence-corrected chi connectivity index (χ1v) is 8.87. The van der Waals surface area contributed by atoms with Crippen LogP contribution < -0.4 is 9.64 Å². The number of esters is 1. The molecule has 0 radical (unpaired) electrons. The molecule has 0 spiro atoms. The Kier molecular flexibility index (Phi) is 4.75. The molecule has 0 saturated carbocycles. The van der Waals surface area contributed by atoms with Gasteiger partial charge in [-0.05, 0) is 29.5 Å². The van der Waals surface area contributed by atoms with E-state index in [9.17, 15) is 9.59 Å². The van der Waals surface area contributed by atoms with Crippen molar-refractivity contribution in [1.29, 1.82) is 0 Å². The molecule has 0 bridgehead atoms. The maximum atomic E-state index is 12.4. The first-order chi connectivity index (χ1) is 13.2. The number of hydrogen-bond donors (Lipinski definition) is 0. The van der Waals surface area contributed by atoms with Crippen LogP contribution in [0, 0.1) is 0 Å². The molecule has 136 valence electrons. The Hall–Kier alpha value is -3.34. The van der Waals surface area contributed by atoms with Gasteiger partial charge < -0.3 is 14.4 Å². The van der Waals surface area contributed by atoms with Crippen molar-refractivity contribution in [2.75, 3.05) is 24.7 Å². The van der Waals surface area contributed by atoms with Gasteiger partial charge in [-0.15, -0.1) is 0 Å². The molecule has 0 unspecified atom stereocenters. The molecule has 5 nitrogen and oxygen atoms in total. The van der Waals surface area contributed by atoms with Crippen LogP contribution in [0.15, 0.2) is 66.7 Å². The molecule has 0 aliphatic carbocycles. The summed E-state index contributed by atoms with van der Waals surface area (Å²) in [5, 5.41) is 1.96. The number of carbonyl (C=O) groups excluding carboxylic acids is 2.